The van der Waals surface area contributed by atoms with E-state index in [1.807, 2.05) is 41.5 Å². The van der Waals surface area contributed by atoms with Crippen LogP contribution in [0.2, 0.25) is 0 Å². The van der Waals surface area contributed by atoms with Crippen LogP contribution in [0.25, 0.3) is 0 Å². The maximum Gasteiger partial charge on any atom is 0.298 e. The fraction of sp³-hybridized carbons (Fsp3) is 0.833. The molecule has 3 nitrogen and oxygen atoms in total. The summed E-state index contributed by atoms with van der Waals surface area (Å²) in [6, 6.07) is 0. The number of ether oxygens (including phenoxy) is 3. The van der Waals surface area contributed by atoms with E-state index < -0.39 is 5.97 Å². The second-order valence-corrected chi connectivity index (χ2v) is 4.58. The standard InChI is InChI=1S/C12H23BO3.Li/c1-8(2)14-12(11(7)13,15-9(3)4)16-10(5)6;/h8-10H,7H2,1-6H3;. The van der Waals surface area contributed by atoms with Crippen LogP contribution < -0.4 is 0 Å². The van der Waals surface area contributed by atoms with Crippen LogP contribution in [0.4, 0.5) is 0 Å². The molecule has 93 valence electrons. The van der Waals surface area contributed by atoms with Gasteiger partial charge in [-0.25, -0.2) is 0 Å². The molecule has 0 fully saturated rings. The second kappa shape index (κ2) is 8.40. The Morgan fingerprint density at radius 1 is 0.882 bits per heavy atom. The zero-order chi connectivity index (χ0) is 12.9. The minimum absolute atomic E-state index is 0. The molecule has 0 aliphatic rings. The normalized spacial score (nSPS) is 12.1. The average molecular weight is 233 g/mol. The van der Waals surface area contributed by atoms with Crippen molar-refractivity contribution in [2.45, 2.75) is 65.8 Å². The van der Waals surface area contributed by atoms with E-state index in [1.54, 1.807) is 0 Å². The number of rotatable bonds is 7. The van der Waals surface area contributed by atoms with Gasteiger partial charge in [0, 0.05) is 18.9 Å². The van der Waals surface area contributed by atoms with E-state index in [1.165, 1.54) is 0 Å². The van der Waals surface area contributed by atoms with E-state index in [0.29, 0.717) is 0 Å². The van der Waals surface area contributed by atoms with Gasteiger partial charge in [0.05, 0.1) is 18.3 Å². The van der Waals surface area contributed by atoms with Crippen LogP contribution in [0.3, 0.4) is 0 Å². The zero-order valence-corrected chi connectivity index (χ0v) is 12.2. The molecule has 0 unspecified atom stereocenters. The van der Waals surface area contributed by atoms with Crippen LogP contribution in [0, 0.1) is 0 Å². The van der Waals surface area contributed by atoms with Gasteiger partial charge in [-0.05, 0) is 47.0 Å². The van der Waals surface area contributed by atoms with Crippen molar-refractivity contribution >= 4 is 26.7 Å². The van der Waals surface area contributed by atoms with Gasteiger partial charge in [-0.1, -0.05) is 0 Å². The summed E-state index contributed by atoms with van der Waals surface area (Å²) in [6.45, 7) is 15.1. The molecule has 0 aliphatic heterocycles. The van der Waals surface area contributed by atoms with Crippen molar-refractivity contribution in [3.05, 3.63) is 12.1 Å². The largest absolute Gasteiger partial charge is 0.322 e. The smallest absolute Gasteiger partial charge is 0.298 e. The van der Waals surface area contributed by atoms with Crippen LogP contribution in [-0.2, 0) is 14.2 Å². The maximum absolute atomic E-state index is 5.75. The van der Waals surface area contributed by atoms with Crippen LogP contribution in [-0.4, -0.2) is 51.0 Å². The Kier molecular flexibility index (Phi) is 9.69. The third kappa shape index (κ3) is 7.33. The van der Waals surface area contributed by atoms with Gasteiger partial charge < -0.3 is 14.2 Å². The molecule has 0 aliphatic carbocycles. The fourth-order valence-corrected chi connectivity index (χ4v) is 1.24. The van der Waals surface area contributed by atoms with Crippen molar-refractivity contribution in [2.24, 2.45) is 0 Å². The minimum atomic E-state index is -1.35. The Morgan fingerprint density at radius 2 is 1.12 bits per heavy atom. The van der Waals surface area contributed by atoms with Gasteiger partial charge in [0.2, 0.25) is 0 Å². The summed E-state index contributed by atoms with van der Waals surface area (Å²) in [5.74, 6) is -1.35. The first-order chi connectivity index (χ1) is 7.19. The summed E-state index contributed by atoms with van der Waals surface area (Å²) >= 11 is 0. The van der Waals surface area contributed by atoms with Crippen LogP contribution >= 0.6 is 0 Å². The molecule has 5 heteroatoms. The van der Waals surface area contributed by atoms with Crippen molar-refractivity contribution < 1.29 is 14.2 Å². The molecule has 0 rings (SSSR count). The summed E-state index contributed by atoms with van der Waals surface area (Å²) in [4.78, 5) is 0. The van der Waals surface area contributed by atoms with Crippen LogP contribution in [0.5, 0.6) is 0 Å². The first kappa shape index (κ1) is 19.6. The first-order valence-electron chi connectivity index (χ1n) is 5.68. The molecule has 0 spiro atoms. The average Bonchev–Trinajstić information content (AvgIpc) is 1.98. The topological polar surface area (TPSA) is 27.7 Å². The third-order valence-corrected chi connectivity index (χ3v) is 1.57. The molecule has 0 aromatic carbocycles. The molecule has 17 heavy (non-hydrogen) atoms. The molecule has 3 radical (unpaired) electrons. The predicted octanol–water partition coefficient (Wildman–Crippen LogP) is 2.22. The van der Waals surface area contributed by atoms with E-state index in [-0.39, 0.29) is 42.6 Å². The summed E-state index contributed by atoms with van der Waals surface area (Å²) in [5.41, 5.74) is 0.226. The number of hydrogen-bond acceptors (Lipinski definition) is 3. The van der Waals surface area contributed by atoms with Crippen molar-refractivity contribution in [2.75, 3.05) is 0 Å². The van der Waals surface area contributed by atoms with Crippen molar-refractivity contribution in [3.8, 4) is 0 Å². The van der Waals surface area contributed by atoms with E-state index in [2.05, 4.69) is 6.58 Å². The van der Waals surface area contributed by atoms with E-state index in [4.69, 9.17) is 22.1 Å². The fourth-order valence-electron chi connectivity index (χ4n) is 1.24. The molecule has 0 heterocycles. The summed E-state index contributed by atoms with van der Waals surface area (Å²) in [6.07, 6.45) is -0.214. The van der Waals surface area contributed by atoms with Crippen molar-refractivity contribution in [1.29, 1.82) is 0 Å². The molecule has 0 saturated heterocycles. The molecule has 0 saturated carbocycles. The summed E-state index contributed by atoms with van der Waals surface area (Å²) < 4.78 is 17.0. The molecule has 0 bridgehead atoms. The number of hydrogen-bond donors (Lipinski definition) is 0. The van der Waals surface area contributed by atoms with Gasteiger partial charge in [-0.2, -0.15) is 0 Å². The Morgan fingerprint density at radius 3 is 1.24 bits per heavy atom. The molecular formula is C12H23BLiO3. The summed E-state index contributed by atoms with van der Waals surface area (Å²) in [7, 11) is 5.75. The Labute approximate surface area is 119 Å². The van der Waals surface area contributed by atoms with Gasteiger partial charge in [0.25, 0.3) is 5.97 Å². The van der Waals surface area contributed by atoms with Gasteiger partial charge in [-0.15, -0.1) is 6.58 Å². The van der Waals surface area contributed by atoms with Gasteiger partial charge in [-0.3, -0.25) is 0 Å². The van der Waals surface area contributed by atoms with Crippen molar-refractivity contribution in [3.63, 3.8) is 0 Å². The monoisotopic (exact) mass is 233 g/mol. The maximum atomic E-state index is 5.75. The molecule has 0 amide bonds. The van der Waals surface area contributed by atoms with E-state index in [0.717, 1.165) is 0 Å². The molecule has 0 N–H and O–H groups in total. The van der Waals surface area contributed by atoms with Crippen LogP contribution in [0.15, 0.2) is 12.1 Å². The molecule has 0 aromatic heterocycles. The second-order valence-electron chi connectivity index (χ2n) is 4.58. The van der Waals surface area contributed by atoms with E-state index >= 15 is 0 Å². The Balaban J connectivity index is 0. The van der Waals surface area contributed by atoms with Crippen molar-refractivity contribution in [1.82, 2.24) is 0 Å². The minimum Gasteiger partial charge on any atom is -0.322 e. The van der Waals surface area contributed by atoms with E-state index in [9.17, 15) is 0 Å². The van der Waals surface area contributed by atoms with Gasteiger partial charge in [0.1, 0.15) is 7.85 Å². The SMILES string of the molecule is [B]C(=C)C(OC(C)C)(OC(C)C)OC(C)C.[Li]. The molecular weight excluding hydrogens is 210 g/mol. The molecule has 0 atom stereocenters. The van der Waals surface area contributed by atoms with Gasteiger partial charge in [0.15, 0.2) is 0 Å². The zero-order valence-electron chi connectivity index (χ0n) is 12.2. The Bertz CT molecular complexity index is 203. The Hall–Kier alpha value is 0.282. The van der Waals surface area contributed by atoms with Crippen LogP contribution in [0.1, 0.15) is 41.5 Å². The van der Waals surface area contributed by atoms with Gasteiger partial charge >= 0.3 is 0 Å². The quantitative estimate of drug-likeness (QED) is 0.498. The molecule has 0 aromatic rings. The predicted molar refractivity (Wildman–Crippen MR) is 72.0 cm³/mol. The summed E-state index contributed by atoms with van der Waals surface area (Å²) in [5, 5.41) is 0. The first-order valence-corrected chi connectivity index (χ1v) is 5.68. The third-order valence-electron chi connectivity index (χ3n) is 1.57.